The molecule has 3 rings (SSSR count). The van der Waals surface area contributed by atoms with Crippen molar-refractivity contribution in [2.45, 2.75) is 0 Å². The number of hydrogen-bond acceptors (Lipinski definition) is 4. The second-order valence-electron chi connectivity index (χ2n) is 5.58. The molecule has 31 heavy (non-hydrogen) atoms. The van der Waals surface area contributed by atoms with Gasteiger partial charge >= 0.3 is 5.97 Å². The summed E-state index contributed by atoms with van der Waals surface area (Å²) in [6.07, 6.45) is 0. The average Bonchev–Trinajstić information content (AvgIpc) is 3.17. The van der Waals surface area contributed by atoms with Crippen molar-refractivity contribution < 1.29 is 9.53 Å². The van der Waals surface area contributed by atoms with E-state index in [1.807, 2.05) is 0 Å². The Hall–Kier alpha value is 0.440. The fraction of sp³-hybridized carbons (Fsp3) is 0.0588. The van der Waals surface area contributed by atoms with Gasteiger partial charge in [0.2, 0.25) is 0 Å². The summed E-state index contributed by atoms with van der Waals surface area (Å²) in [4.78, 5) is 17.0. The van der Waals surface area contributed by atoms with E-state index in [0.717, 1.165) is 11.3 Å². The van der Waals surface area contributed by atoms with Crippen molar-refractivity contribution in [1.29, 1.82) is 0 Å². The average molecular weight is 640 g/mol. The standard InChI is InChI=1S/C17H3Cl10NO2S/c1-30-17(29)15-14(2-4(18)8(22)12(26)9(23)5(2)19)28-16(31-15)3-6(20)10(24)13(27)11(25)7(3)21/h1H3. The normalized spacial score (nSPS) is 11.2. The van der Waals surface area contributed by atoms with Gasteiger partial charge in [0, 0.05) is 5.56 Å². The number of methoxy groups -OCH3 is 1. The van der Waals surface area contributed by atoms with Crippen LogP contribution in [-0.4, -0.2) is 18.1 Å². The Morgan fingerprint density at radius 3 is 1.39 bits per heavy atom. The first-order valence-electron chi connectivity index (χ1n) is 7.56. The van der Waals surface area contributed by atoms with Gasteiger partial charge in [0.15, 0.2) is 0 Å². The first-order chi connectivity index (χ1) is 14.4. The number of carbonyl (C=O) groups is 1. The predicted octanol–water partition coefficient (Wildman–Crippen LogP) is 10.8. The van der Waals surface area contributed by atoms with Crippen LogP contribution in [0.3, 0.4) is 0 Å². The number of rotatable bonds is 3. The number of benzene rings is 2. The molecule has 0 spiro atoms. The van der Waals surface area contributed by atoms with Crippen molar-refractivity contribution >= 4 is 133 Å². The summed E-state index contributed by atoms with van der Waals surface area (Å²) in [5, 5.41) is -0.382. The minimum absolute atomic E-state index is 0.00471. The van der Waals surface area contributed by atoms with Gasteiger partial charge in [0.25, 0.3) is 0 Å². The first-order valence-corrected chi connectivity index (χ1v) is 12.2. The molecule has 0 aliphatic heterocycles. The highest BCUT2D eigenvalue weighted by Gasteiger charge is 2.30. The zero-order valence-corrected chi connectivity index (χ0v) is 22.8. The number of halogens is 10. The topological polar surface area (TPSA) is 39.2 Å². The van der Waals surface area contributed by atoms with Crippen LogP contribution in [-0.2, 0) is 4.74 Å². The Morgan fingerprint density at radius 1 is 0.645 bits per heavy atom. The van der Waals surface area contributed by atoms with Gasteiger partial charge in [0.1, 0.15) is 9.88 Å². The van der Waals surface area contributed by atoms with Crippen molar-refractivity contribution in [3.8, 4) is 21.8 Å². The Bertz CT molecular complexity index is 1200. The Balaban J connectivity index is 2.43. The fourth-order valence-electron chi connectivity index (χ4n) is 2.43. The SMILES string of the molecule is COC(=O)c1sc(-c2c(Cl)c(Cl)c(Cl)c(Cl)c2Cl)nc1-c1c(Cl)c(Cl)c(Cl)c(Cl)c1Cl. The molecule has 0 atom stereocenters. The lowest BCUT2D eigenvalue weighted by molar-refractivity contribution is 0.0607. The maximum Gasteiger partial charge on any atom is 0.350 e. The van der Waals surface area contributed by atoms with Crippen LogP contribution in [0, 0.1) is 0 Å². The number of hydrogen-bond donors (Lipinski definition) is 0. The lowest BCUT2D eigenvalue weighted by Crippen LogP contribution is -2.01. The molecule has 0 bridgehead atoms. The van der Waals surface area contributed by atoms with E-state index < -0.39 is 5.97 Å². The molecule has 3 nitrogen and oxygen atoms in total. The molecule has 0 saturated heterocycles. The van der Waals surface area contributed by atoms with Crippen LogP contribution >= 0.6 is 127 Å². The monoisotopic (exact) mass is 635 g/mol. The zero-order valence-electron chi connectivity index (χ0n) is 14.5. The molecule has 3 aromatic rings. The molecule has 0 aliphatic carbocycles. The quantitative estimate of drug-likeness (QED) is 0.163. The van der Waals surface area contributed by atoms with E-state index in [4.69, 9.17) is 121 Å². The van der Waals surface area contributed by atoms with E-state index in [-0.39, 0.29) is 76.9 Å². The van der Waals surface area contributed by atoms with Crippen LogP contribution in [0.15, 0.2) is 0 Å². The molecule has 164 valence electrons. The second kappa shape index (κ2) is 9.97. The Morgan fingerprint density at radius 2 is 1.00 bits per heavy atom. The molecule has 0 radical (unpaired) electrons. The highest BCUT2D eigenvalue weighted by atomic mass is 35.5. The van der Waals surface area contributed by atoms with E-state index in [1.54, 1.807) is 0 Å². The highest BCUT2D eigenvalue weighted by Crippen LogP contribution is 2.53. The summed E-state index contributed by atoms with van der Waals surface area (Å²) in [5.41, 5.74) is 0.211. The van der Waals surface area contributed by atoms with E-state index in [2.05, 4.69) is 4.98 Å². The molecule has 0 saturated carbocycles. The molecule has 0 aliphatic rings. The summed E-state index contributed by atoms with van der Waals surface area (Å²) in [7, 11) is 1.19. The number of thiazole rings is 1. The van der Waals surface area contributed by atoms with Crippen LogP contribution in [0.2, 0.25) is 50.2 Å². The van der Waals surface area contributed by atoms with Gasteiger partial charge in [-0.3, -0.25) is 0 Å². The minimum Gasteiger partial charge on any atom is -0.465 e. The van der Waals surface area contributed by atoms with Crippen LogP contribution in [0.1, 0.15) is 9.67 Å². The Kier molecular flexibility index (Phi) is 8.38. The number of ether oxygens (including phenoxy) is 1. The molecule has 1 heterocycles. The highest BCUT2D eigenvalue weighted by molar-refractivity contribution is 7.17. The smallest absolute Gasteiger partial charge is 0.350 e. The third-order valence-electron chi connectivity index (χ3n) is 3.87. The largest absolute Gasteiger partial charge is 0.465 e. The summed E-state index contributed by atoms with van der Waals surface area (Å²) in [6, 6.07) is 0. The summed E-state index contributed by atoms with van der Waals surface area (Å²) >= 11 is 63.0. The summed E-state index contributed by atoms with van der Waals surface area (Å²) < 4.78 is 4.85. The molecule has 0 amide bonds. The van der Waals surface area contributed by atoms with Gasteiger partial charge in [-0.25, -0.2) is 9.78 Å². The van der Waals surface area contributed by atoms with Crippen LogP contribution in [0.4, 0.5) is 0 Å². The predicted molar refractivity (Wildman–Crippen MR) is 134 cm³/mol. The molecule has 2 aromatic carbocycles. The maximum atomic E-state index is 12.5. The third-order valence-corrected chi connectivity index (χ3v) is 9.47. The van der Waals surface area contributed by atoms with Crippen molar-refractivity contribution in [2.75, 3.05) is 7.11 Å². The van der Waals surface area contributed by atoms with E-state index in [1.165, 1.54) is 7.11 Å². The molecule has 1 aromatic heterocycles. The minimum atomic E-state index is -0.744. The van der Waals surface area contributed by atoms with Crippen LogP contribution in [0.5, 0.6) is 0 Å². The number of esters is 1. The van der Waals surface area contributed by atoms with Crippen molar-refractivity contribution in [3.63, 3.8) is 0 Å². The van der Waals surface area contributed by atoms with E-state index in [0.29, 0.717) is 0 Å². The number of carbonyl (C=O) groups excluding carboxylic acids is 1. The summed E-state index contributed by atoms with van der Waals surface area (Å²) in [6.45, 7) is 0. The van der Waals surface area contributed by atoms with Crippen LogP contribution in [0.25, 0.3) is 21.8 Å². The maximum absolute atomic E-state index is 12.5. The van der Waals surface area contributed by atoms with Gasteiger partial charge in [-0.1, -0.05) is 116 Å². The zero-order chi connectivity index (χ0) is 23.4. The van der Waals surface area contributed by atoms with Crippen molar-refractivity contribution in [1.82, 2.24) is 4.98 Å². The summed E-state index contributed by atoms with van der Waals surface area (Å²) in [5.74, 6) is -0.744. The molecular formula is C17H3Cl10NO2S. The molecular weight excluding hydrogens is 637 g/mol. The first kappa shape index (κ1) is 26.1. The Labute approximate surface area is 229 Å². The van der Waals surface area contributed by atoms with Gasteiger partial charge < -0.3 is 4.74 Å². The molecule has 0 unspecified atom stereocenters. The molecule has 14 heteroatoms. The lowest BCUT2D eigenvalue weighted by Gasteiger charge is -2.12. The van der Waals surface area contributed by atoms with Gasteiger partial charge in [-0.15, -0.1) is 11.3 Å². The van der Waals surface area contributed by atoms with Crippen LogP contribution < -0.4 is 0 Å². The second-order valence-corrected chi connectivity index (χ2v) is 10.4. The van der Waals surface area contributed by atoms with E-state index in [9.17, 15) is 4.79 Å². The van der Waals surface area contributed by atoms with E-state index >= 15 is 0 Å². The van der Waals surface area contributed by atoms with Gasteiger partial charge in [-0.2, -0.15) is 0 Å². The fourth-order valence-corrected chi connectivity index (χ4v) is 6.23. The molecule has 0 fully saturated rings. The number of nitrogens with zero attached hydrogens (tertiary/aromatic N) is 1. The van der Waals surface area contributed by atoms with Gasteiger partial charge in [-0.05, 0) is 0 Å². The van der Waals surface area contributed by atoms with Crippen molar-refractivity contribution in [2.24, 2.45) is 0 Å². The van der Waals surface area contributed by atoms with Crippen molar-refractivity contribution in [3.05, 3.63) is 55.1 Å². The third kappa shape index (κ3) is 4.44. The molecule has 0 N–H and O–H groups in total. The lowest BCUT2D eigenvalue weighted by atomic mass is 10.1. The number of aromatic nitrogens is 1. The van der Waals surface area contributed by atoms with Gasteiger partial charge in [0.05, 0.1) is 68.6 Å².